The summed E-state index contributed by atoms with van der Waals surface area (Å²) in [5.41, 5.74) is 5.08. The van der Waals surface area contributed by atoms with Crippen molar-refractivity contribution in [2.75, 3.05) is 21.1 Å². The van der Waals surface area contributed by atoms with Gasteiger partial charge in [-0.05, 0) is 43.9 Å². The third-order valence-electron chi connectivity index (χ3n) is 4.45. The predicted molar refractivity (Wildman–Crippen MR) is 109 cm³/mol. The summed E-state index contributed by atoms with van der Waals surface area (Å²) in [7, 11) is 5.03. The van der Waals surface area contributed by atoms with Gasteiger partial charge in [-0.3, -0.25) is 20.1 Å². The molecule has 0 spiro atoms. The molecule has 1 aromatic carbocycles. The van der Waals surface area contributed by atoms with E-state index in [0.717, 1.165) is 22.6 Å². The van der Waals surface area contributed by atoms with Gasteiger partial charge in [-0.25, -0.2) is 0 Å². The first kappa shape index (κ1) is 22.1. The number of benzene rings is 1. The van der Waals surface area contributed by atoms with E-state index in [2.05, 4.69) is 9.97 Å². The summed E-state index contributed by atoms with van der Waals surface area (Å²) in [6.07, 6.45) is -1.53. The zero-order valence-electron chi connectivity index (χ0n) is 17.0. The molecule has 4 N–H and O–H groups in total. The summed E-state index contributed by atoms with van der Waals surface area (Å²) < 4.78 is 46.4. The number of ether oxygens (including phenoxy) is 1. The molecule has 0 bridgehead atoms. The van der Waals surface area contributed by atoms with E-state index in [1.54, 1.807) is 12.3 Å². The second-order valence-electron chi connectivity index (χ2n) is 7.20. The van der Waals surface area contributed by atoms with Crippen LogP contribution in [0.4, 0.5) is 13.2 Å². The number of alkyl halides is 3. The van der Waals surface area contributed by atoms with E-state index in [9.17, 15) is 18.0 Å². The Morgan fingerprint density at radius 1 is 1.23 bits per heavy atom. The number of carbonyl (C=O) groups is 1. The standard InChI is InChI=1S/C20H21F3N6O2/c1-28(2)10-11-6-12(9-26-8-11)31-16-5-4-14(20(21,22)23)13-7-15(27-17(13)16)18(30)29(3)19(24)25/h4-9,27H,10H2,1-3H3,(H3,24,25). The molecular formula is C20H21F3N6O2. The Morgan fingerprint density at radius 3 is 2.55 bits per heavy atom. The van der Waals surface area contributed by atoms with Crippen LogP contribution < -0.4 is 10.5 Å². The number of pyridine rings is 1. The molecule has 0 radical (unpaired) electrons. The minimum absolute atomic E-state index is 0.00635. The average molecular weight is 434 g/mol. The maximum atomic E-state index is 13.5. The van der Waals surface area contributed by atoms with E-state index in [1.807, 2.05) is 19.0 Å². The van der Waals surface area contributed by atoms with Gasteiger partial charge in [-0.15, -0.1) is 0 Å². The van der Waals surface area contributed by atoms with Crippen molar-refractivity contribution in [3.8, 4) is 11.5 Å². The van der Waals surface area contributed by atoms with Crippen LogP contribution in [0.25, 0.3) is 10.9 Å². The van der Waals surface area contributed by atoms with E-state index < -0.39 is 23.6 Å². The van der Waals surface area contributed by atoms with E-state index in [-0.39, 0.29) is 22.3 Å². The topological polar surface area (TPSA) is 111 Å². The number of aromatic amines is 1. The van der Waals surface area contributed by atoms with Gasteiger partial charge in [0.2, 0.25) is 0 Å². The minimum Gasteiger partial charge on any atom is -0.454 e. The highest BCUT2D eigenvalue weighted by molar-refractivity contribution is 6.06. The number of nitrogens with zero attached hydrogens (tertiary/aromatic N) is 3. The van der Waals surface area contributed by atoms with Crippen molar-refractivity contribution >= 4 is 22.8 Å². The number of H-pyrrole nitrogens is 1. The molecule has 3 rings (SSSR count). The van der Waals surface area contributed by atoms with Crippen molar-refractivity contribution in [1.82, 2.24) is 19.8 Å². The molecule has 31 heavy (non-hydrogen) atoms. The number of guanidine groups is 1. The number of rotatable bonds is 5. The number of halogens is 3. The summed E-state index contributed by atoms with van der Waals surface area (Å²) in [6, 6.07) is 4.89. The highest BCUT2D eigenvalue weighted by atomic mass is 19.4. The molecule has 11 heteroatoms. The van der Waals surface area contributed by atoms with Crippen LogP contribution in [0.15, 0.2) is 36.7 Å². The highest BCUT2D eigenvalue weighted by Gasteiger charge is 2.34. The first-order valence-electron chi connectivity index (χ1n) is 9.09. The number of nitrogens with two attached hydrogens (primary N) is 1. The molecule has 0 saturated carbocycles. The van der Waals surface area contributed by atoms with Crippen LogP contribution in [0.5, 0.6) is 11.5 Å². The monoisotopic (exact) mass is 434 g/mol. The fourth-order valence-corrected chi connectivity index (χ4v) is 3.03. The van der Waals surface area contributed by atoms with Crippen LogP contribution >= 0.6 is 0 Å². The lowest BCUT2D eigenvalue weighted by Gasteiger charge is -2.13. The van der Waals surface area contributed by atoms with Crippen molar-refractivity contribution in [2.45, 2.75) is 12.7 Å². The third kappa shape index (κ3) is 4.77. The van der Waals surface area contributed by atoms with Crippen molar-refractivity contribution < 1.29 is 22.7 Å². The van der Waals surface area contributed by atoms with Gasteiger partial charge in [-0.2, -0.15) is 13.2 Å². The second kappa shape index (κ2) is 8.26. The van der Waals surface area contributed by atoms with Crippen molar-refractivity contribution in [3.63, 3.8) is 0 Å². The molecule has 0 unspecified atom stereocenters. The molecule has 8 nitrogen and oxygen atoms in total. The molecule has 2 aromatic heterocycles. The van der Waals surface area contributed by atoms with Crippen LogP contribution in [0.1, 0.15) is 21.6 Å². The summed E-state index contributed by atoms with van der Waals surface area (Å²) in [5, 5.41) is 7.14. The first-order chi connectivity index (χ1) is 14.5. The predicted octanol–water partition coefficient (Wildman–Crippen LogP) is 3.40. The molecule has 2 heterocycles. The van der Waals surface area contributed by atoms with E-state index >= 15 is 0 Å². The largest absolute Gasteiger partial charge is 0.454 e. The highest BCUT2D eigenvalue weighted by Crippen LogP contribution is 2.40. The van der Waals surface area contributed by atoms with Gasteiger partial charge in [0.15, 0.2) is 11.7 Å². The number of hydrogen-bond donors (Lipinski definition) is 3. The van der Waals surface area contributed by atoms with Crippen LogP contribution in [-0.4, -0.2) is 52.8 Å². The number of fused-ring (bicyclic) bond motifs is 1. The van der Waals surface area contributed by atoms with Crippen LogP contribution in [0, 0.1) is 5.41 Å². The van der Waals surface area contributed by atoms with Gasteiger partial charge in [0, 0.05) is 25.2 Å². The normalized spacial score (nSPS) is 11.7. The Kier molecular flexibility index (Phi) is 5.89. The lowest BCUT2D eigenvalue weighted by Crippen LogP contribution is -2.38. The van der Waals surface area contributed by atoms with Crippen LogP contribution in [0.3, 0.4) is 0 Å². The quantitative estimate of drug-likeness (QED) is 0.421. The smallest absolute Gasteiger partial charge is 0.417 e. The Bertz CT molecular complexity index is 1140. The maximum Gasteiger partial charge on any atom is 0.417 e. The van der Waals surface area contributed by atoms with Gasteiger partial charge in [0.05, 0.1) is 17.3 Å². The summed E-state index contributed by atoms with van der Waals surface area (Å²) in [4.78, 5) is 22.0. The van der Waals surface area contributed by atoms with Crippen molar-refractivity contribution in [2.24, 2.45) is 5.73 Å². The number of amides is 1. The molecule has 0 aliphatic heterocycles. The molecular weight excluding hydrogens is 413 g/mol. The van der Waals surface area contributed by atoms with E-state index in [1.165, 1.54) is 19.3 Å². The molecule has 3 aromatic rings. The SMILES string of the molecule is CN(C)Cc1cncc(Oc2ccc(C(F)(F)F)c3cc(C(=O)N(C)C(=N)N)[nH]c23)c1. The van der Waals surface area contributed by atoms with Gasteiger partial charge < -0.3 is 20.4 Å². The maximum absolute atomic E-state index is 13.5. The van der Waals surface area contributed by atoms with E-state index in [0.29, 0.717) is 12.3 Å². The average Bonchev–Trinajstić information content (AvgIpc) is 3.11. The molecule has 1 amide bonds. The number of aromatic nitrogens is 2. The van der Waals surface area contributed by atoms with Gasteiger partial charge in [0.25, 0.3) is 5.91 Å². The molecule has 0 saturated heterocycles. The number of hydrogen-bond acceptors (Lipinski definition) is 5. The molecule has 0 aliphatic rings. The Balaban J connectivity index is 2.08. The zero-order valence-corrected chi connectivity index (χ0v) is 17.0. The summed E-state index contributed by atoms with van der Waals surface area (Å²) in [5.74, 6) is -0.863. The van der Waals surface area contributed by atoms with Crippen LogP contribution in [0.2, 0.25) is 0 Å². The number of carbonyl (C=O) groups excluding carboxylic acids is 1. The van der Waals surface area contributed by atoms with Crippen LogP contribution in [-0.2, 0) is 12.7 Å². The molecule has 0 fully saturated rings. The summed E-state index contributed by atoms with van der Waals surface area (Å²) in [6.45, 7) is 0.602. The Morgan fingerprint density at radius 2 is 1.94 bits per heavy atom. The van der Waals surface area contributed by atoms with Crippen molar-refractivity contribution in [1.29, 1.82) is 5.41 Å². The Hall–Kier alpha value is -3.60. The fraction of sp³-hybridized carbons (Fsp3) is 0.250. The zero-order chi connectivity index (χ0) is 22.9. The molecule has 164 valence electrons. The number of nitrogens with one attached hydrogen (secondary N) is 2. The lowest BCUT2D eigenvalue weighted by molar-refractivity contribution is -0.136. The lowest BCUT2D eigenvalue weighted by atomic mass is 10.1. The molecule has 0 aliphatic carbocycles. The fourth-order valence-electron chi connectivity index (χ4n) is 3.03. The molecule has 0 atom stereocenters. The minimum atomic E-state index is -4.64. The summed E-state index contributed by atoms with van der Waals surface area (Å²) >= 11 is 0. The Labute approximate surface area is 175 Å². The second-order valence-corrected chi connectivity index (χ2v) is 7.20. The van der Waals surface area contributed by atoms with Gasteiger partial charge >= 0.3 is 6.18 Å². The first-order valence-corrected chi connectivity index (χ1v) is 9.09. The third-order valence-corrected chi connectivity index (χ3v) is 4.45. The van der Waals surface area contributed by atoms with Crippen molar-refractivity contribution in [3.05, 3.63) is 53.5 Å². The van der Waals surface area contributed by atoms with E-state index in [4.69, 9.17) is 15.9 Å². The van der Waals surface area contributed by atoms with Gasteiger partial charge in [0.1, 0.15) is 11.4 Å². The van der Waals surface area contributed by atoms with Gasteiger partial charge in [-0.1, -0.05) is 0 Å².